The number of carbonyl (C=O) groups excluding carboxylic acids is 2. The lowest BCUT2D eigenvalue weighted by molar-refractivity contribution is -0.124. The molecule has 0 saturated carbocycles. The first-order valence-corrected chi connectivity index (χ1v) is 12.0. The summed E-state index contributed by atoms with van der Waals surface area (Å²) in [6.07, 6.45) is 0. The molecule has 0 bridgehead atoms. The van der Waals surface area contributed by atoms with E-state index in [1.54, 1.807) is 52.0 Å². The smallest absolute Gasteiger partial charge is 0.251 e. The number of carbonyl (C=O) groups is 2. The fourth-order valence-electron chi connectivity index (χ4n) is 3.13. The summed E-state index contributed by atoms with van der Waals surface area (Å²) in [6, 6.07) is 11.0. The zero-order valence-electron chi connectivity index (χ0n) is 18.7. The van der Waals surface area contributed by atoms with Crippen molar-refractivity contribution < 1.29 is 22.4 Å². The van der Waals surface area contributed by atoms with E-state index in [1.807, 2.05) is 0 Å². The second kappa shape index (κ2) is 11.2. The number of nitrogens with one attached hydrogen (secondary N) is 3. The first-order valence-electron chi connectivity index (χ1n) is 10.4. The van der Waals surface area contributed by atoms with Crippen LogP contribution in [0, 0.1) is 11.7 Å². The molecule has 32 heavy (non-hydrogen) atoms. The first kappa shape index (κ1) is 25.5. The number of sulfonamides is 1. The third-order valence-corrected chi connectivity index (χ3v) is 6.20. The second-order valence-electron chi connectivity index (χ2n) is 8.22. The minimum Gasteiger partial charge on any atom is -0.350 e. The van der Waals surface area contributed by atoms with Crippen LogP contribution in [0.15, 0.2) is 48.5 Å². The van der Waals surface area contributed by atoms with Crippen molar-refractivity contribution in [1.82, 2.24) is 15.4 Å². The second-order valence-corrected chi connectivity index (χ2v) is 9.97. The van der Waals surface area contributed by atoms with Crippen molar-refractivity contribution in [1.29, 1.82) is 0 Å². The quantitative estimate of drug-likeness (QED) is 0.504. The fourth-order valence-corrected chi connectivity index (χ4v) is 4.62. The van der Waals surface area contributed by atoms with Crippen LogP contribution in [0.2, 0.25) is 0 Å². The molecule has 174 valence electrons. The molecular formula is C23H30FN3O4S. The normalized spacial score (nSPS) is 12.6. The number of hydrogen-bond acceptors (Lipinski definition) is 4. The van der Waals surface area contributed by atoms with E-state index < -0.39 is 33.7 Å². The van der Waals surface area contributed by atoms with Crippen LogP contribution in [0.1, 0.15) is 49.2 Å². The van der Waals surface area contributed by atoms with Crippen LogP contribution >= 0.6 is 0 Å². The summed E-state index contributed by atoms with van der Waals surface area (Å²) in [6.45, 7) is 7.20. The highest BCUT2D eigenvalue weighted by molar-refractivity contribution is 7.88. The van der Waals surface area contributed by atoms with E-state index in [9.17, 15) is 22.4 Å². The molecule has 0 aliphatic carbocycles. The Hall–Kier alpha value is -2.78. The fraction of sp³-hybridized carbons (Fsp3) is 0.391. The molecule has 9 heteroatoms. The SMILES string of the molecule is CC(C)NS(=O)(=O)Cc1ccccc1CNC(=O)[C@@H](NC(=O)c1ccc(F)cc1)C(C)C. The molecule has 3 N–H and O–H groups in total. The summed E-state index contributed by atoms with van der Waals surface area (Å²) < 4.78 is 40.3. The van der Waals surface area contributed by atoms with Gasteiger partial charge in [0.15, 0.2) is 0 Å². The van der Waals surface area contributed by atoms with E-state index in [-0.39, 0.29) is 29.8 Å². The molecule has 2 amide bonds. The molecule has 0 unspecified atom stereocenters. The van der Waals surface area contributed by atoms with E-state index in [0.29, 0.717) is 11.1 Å². The average molecular weight is 464 g/mol. The summed E-state index contributed by atoms with van der Waals surface area (Å²) in [5, 5.41) is 5.47. The zero-order valence-corrected chi connectivity index (χ0v) is 19.5. The maximum absolute atomic E-state index is 13.1. The van der Waals surface area contributed by atoms with Crippen molar-refractivity contribution in [2.24, 2.45) is 5.92 Å². The lowest BCUT2D eigenvalue weighted by Crippen LogP contribution is -2.49. The van der Waals surface area contributed by atoms with E-state index >= 15 is 0 Å². The van der Waals surface area contributed by atoms with Crippen LogP contribution in [0.5, 0.6) is 0 Å². The Morgan fingerprint density at radius 1 is 0.938 bits per heavy atom. The van der Waals surface area contributed by atoms with Gasteiger partial charge in [-0.05, 0) is 55.2 Å². The van der Waals surface area contributed by atoms with Crippen molar-refractivity contribution in [3.63, 3.8) is 0 Å². The molecule has 2 rings (SSSR count). The number of benzene rings is 2. The lowest BCUT2D eigenvalue weighted by Gasteiger charge is -2.22. The van der Waals surface area contributed by atoms with Crippen LogP contribution in [-0.4, -0.2) is 32.3 Å². The number of halogens is 1. The van der Waals surface area contributed by atoms with Crippen LogP contribution in [0.4, 0.5) is 4.39 Å². The maximum Gasteiger partial charge on any atom is 0.251 e. The van der Waals surface area contributed by atoms with Gasteiger partial charge in [-0.25, -0.2) is 17.5 Å². The molecule has 0 saturated heterocycles. The van der Waals surface area contributed by atoms with Gasteiger partial charge in [0.2, 0.25) is 15.9 Å². The summed E-state index contributed by atoms with van der Waals surface area (Å²) in [7, 11) is -3.52. The topological polar surface area (TPSA) is 104 Å². The average Bonchev–Trinajstić information content (AvgIpc) is 2.70. The number of hydrogen-bond donors (Lipinski definition) is 3. The molecule has 7 nitrogen and oxygen atoms in total. The summed E-state index contributed by atoms with van der Waals surface area (Å²) in [5.74, 6) is -1.74. The molecule has 2 aromatic rings. The van der Waals surface area contributed by atoms with E-state index in [1.165, 1.54) is 24.3 Å². The highest BCUT2D eigenvalue weighted by Gasteiger charge is 2.25. The highest BCUT2D eigenvalue weighted by atomic mass is 32.2. The predicted molar refractivity (Wildman–Crippen MR) is 122 cm³/mol. The Kier molecular flexibility index (Phi) is 8.91. The molecule has 0 aliphatic heterocycles. The summed E-state index contributed by atoms with van der Waals surface area (Å²) in [4.78, 5) is 25.3. The Bertz CT molecular complexity index is 1040. The Labute approximate surface area is 188 Å². The van der Waals surface area contributed by atoms with Crippen molar-refractivity contribution in [3.8, 4) is 0 Å². The van der Waals surface area contributed by atoms with Crippen molar-refractivity contribution >= 4 is 21.8 Å². The number of rotatable bonds is 10. The number of amides is 2. The molecule has 0 heterocycles. The zero-order chi connectivity index (χ0) is 23.9. The van der Waals surface area contributed by atoms with Crippen molar-refractivity contribution in [2.75, 3.05) is 0 Å². The Morgan fingerprint density at radius 2 is 1.53 bits per heavy atom. The molecule has 0 radical (unpaired) electrons. The standard InChI is InChI=1S/C23H30FN3O4S/c1-15(2)21(26-22(28)17-9-11-20(24)12-10-17)23(29)25-13-18-7-5-6-8-19(18)14-32(30,31)27-16(3)4/h5-12,15-16,21,27H,13-14H2,1-4H3,(H,25,29)(H,26,28)/t21-/m0/s1. The third kappa shape index (κ3) is 7.72. The van der Waals surface area contributed by atoms with Crippen LogP contribution in [0.3, 0.4) is 0 Å². The first-order chi connectivity index (χ1) is 15.0. The molecular weight excluding hydrogens is 433 g/mol. The molecule has 0 aromatic heterocycles. The minimum absolute atomic E-state index is 0.113. The van der Waals surface area contributed by atoms with Crippen LogP contribution in [-0.2, 0) is 27.1 Å². The summed E-state index contributed by atoms with van der Waals surface area (Å²) in [5.41, 5.74) is 1.50. The maximum atomic E-state index is 13.1. The van der Waals surface area contributed by atoms with Gasteiger partial charge in [0.05, 0.1) is 5.75 Å². The molecule has 2 aromatic carbocycles. The van der Waals surface area contributed by atoms with Gasteiger partial charge in [-0.1, -0.05) is 38.1 Å². The van der Waals surface area contributed by atoms with Crippen molar-refractivity contribution in [3.05, 3.63) is 71.0 Å². The molecule has 0 spiro atoms. The van der Waals surface area contributed by atoms with E-state index in [2.05, 4.69) is 15.4 Å². The molecule has 0 fully saturated rings. The van der Waals surface area contributed by atoms with E-state index in [4.69, 9.17) is 0 Å². The molecule has 0 aliphatic rings. The Balaban J connectivity index is 2.07. The monoisotopic (exact) mass is 463 g/mol. The summed E-state index contributed by atoms with van der Waals surface area (Å²) >= 11 is 0. The van der Waals surface area contributed by atoms with Gasteiger partial charge in [0.1, 0.15) is 11.9 Å². The third-order valence-electron chi connectivity index (χ3n) is 4.67. The van der Waals surface area contributed by atoms with Gasteiger partial charge in [-0.15, -0.1) is 0 Å². The van der Waals surface area contributed by atoms with Crippen LogP contribution < -0.4 is 15.4 Å². The highest BCUT2D eigenvalue weighted by Crippen LogP contribution is 2.13. The van der Waals surface area contributed by atoms with Gasteiger partial charge in [0.25, 0.3) is 5.91 Å². The minimum atomic E-state index is -3.52. The Morgan fingerprint density at radius 3 is 2.09 bits per heavy atom. The van der Waals surface area contributed by atoms with Crippen molar-refractivity contribution in [2.45, 2.75) is 52.1 Å². The lowest BCUT2D eigenvalue weighted by atomic mass is 10.0. The van der Waals surface area contributed by atoms with Crippen LogP contribution in [0.25, 0.3) is 0 Å². The largest absolute Gasteiger partial charge is 0.350 e. The van der Waals surface area contributed by atoms with Gasteiger partial charge >= 0.3 is 0 Å². The van der Waals surface area contributed by atoms with Gasteiger partial charge < -0.3 is 10.6 Å². The van der Waals surface area contributed by atoms with E-state index in [0.717, 1.165) is 0 Å². The van der Waals surface area contributed by atoms with Gasteiger partial charge in [-0.3, -0.25) is 9.59 Å². The predicted octanol–water partition coefficient (Wildman–Crippen LogP) is 2.72. The molecule has 1 atom stereocenters. The van der Waals surface area contributed by atoms with Gasteiger partial charge in [0, 0.05) is 18.2 Å². The van der Waals surface area contributed by atoms with Gasteiger partial charge in [-0.2, -0.15) is 0 Å².